The molecule has 6 nitrogen and oxygen atoms in total. The van der Waals surface area contributed by atoms with Gasteiger partial charge in [0.05, 0.1) is 0 Å². The van der Waals surface area contributed by atoms with Gasteiger partial charge in [-0.1, -0.05) is 406 Å². The summed E-state index contributed by atoms with van der Waals surface area (Å²) in [6.45, 7) is 6.72. The number of carbonyl (C=O) groups excluding carboxylic acids is 3. The molecular weight excluding hydrogens is 997 g/mol. The fourth-order valence-corrected chi connectivity index (χ4v) is 12.0. The van der Waals surface area contributed by atoms with Crippen LogP contribution in [0.4, 0.5) is 0 Å². The molecule has 0 bridgehead atoms. The number of carbonyl (C=O) groups is 3. The van der Waals surface area contributed by atoms with Crippen molar-refractivity contribution >= 4 is 17.9 Å². The van der Waals surface area contributed by atoms with Crippen LogP contribution in [0.1, 0.15) is 445 Å². The Morgan fingerprint density at radius 2 is 0.333 bits per heavy atom. The highest BCUT2D eigenvalue weighted by Crippen LogP contribution is 2.20. The molecule has 0 heterocycles. The van der Waals surface area contributed by atoms with Crippen LogP contribution in [0.2, 0.25) is 0 Å². The van der Waals surface area contributed by atoms with E-state index in [-0.39, 0.29) is 31.1 Å². The molecule has 0 fully saturated rings. The highest BCUT2D eigenvalue weighted by atomic mass is 16.6. The largest absolute Gasteiger partial charge is 0.462 e. The molecule has 0 amide bonds. The summed E-state index contributed by atoms with van der Waals surface area (Å²) in [7, 11) is 0. The summed E-state index contributed by atoms with van der Waals surface area (Å²) in [4.78, 5) is 38.3. The van der Waals surface area contributed by atoms with Crippen molar-refractivity contribution in [1.29, 1.82) is 0 Å². The van der Waals surface area contributed by atoms with E-state index in [9.17, 15) is 14.4 Å². The maximum atomic E-state index is 12.9. The van der Waals surface area contributed by atoms with Crippen LogP contribution in [-0.4, -0.2) is 37.2 Å². The van der Waals surface area contributed by atoms with Crippen LogP contribution in [-0.2, 0) is 28.6 Å². The second-order valence-electron chi connectivity index (χ2n) is 25.9. The fraction of sp³-hybridized carbons (Fsp3) is 0.960. The topological polar surface area (TPSA) is 78.9 Å². The predicted octanol–water partition coefficient (Wildman–Crippen LogP) is 25.8. The molecule has 0 aliphatic heterocycles. The van der Waals surface area contributed by atoms with Crippen molar-refractivity contribution in [2.45, 2.75) is 451 Å². The summed E-state index contributed by atoms with van der Waals surface area (Å²) in [6.07, 6.45) is 84.6. The van der Waals surface area contributed by atoms with Crippen LogP contribution in [0, 0.1) is 0 Å². The van der Waals surface area contributed by atoms with Gasteiger partial charge in [-0.15, -0.1) is 0 Å². The maximum Gasteiger partial charge on any atom is 0.306 e. The first-order valence-corrected chi connectivity index (χ1v) is 37.5. The standard InChI is InChI=1S/C75H146O6/c1-4-7-10-13-16-19-21-23-25-27-29-31-33-35-36-37-38-40-41-43-45-47-49-51-53-56-59-62-65-68-74(77)80-71-72(70-79-73(76)67-64-61-58-55-18-15-12-9-6-3)81-75(78)69-66-63-60-57-54-52-50-48-46-44-42-39-34-32-30-28-26-24-22-20-17-14-11-8-5-2/h72H,4-71H2,1-3H3. The average molecular weight is 1140 g/mol. The van der Waals surface area contributed by atoms with Crippen molar-refractivity contribution < 1.29 is 28.6 Å². The smallest absolute Gasteiger partial charge is 0.306 e. The van der Waals surface area contributed by atoms with Gasteiger partial charge in [-0.05, 0) is 19.3 Å². The van der Waals surface area contributed by atoms with Crippen molar-refractivity contribution in [2.24, 2.45) is 0 Å². The minimum atomic E-state index is -0.763. The molecule has 0 aliphatic rings. The third kappa shape index (κ3) is 69.1. The van der Waals surface area contributed by atoms with E-state index >= 15 is 0 Å². The SMILES string of the molecule is CCCCCCCCCCCCCCCCCCCCCCCCCCCCCCCC(=O)OCC(COC(=O)CCCCCCCCCCC)OC(=O)CCCCCCCCCCCCCCCCCCCCCCCCCCC. The van der Waals surface area contributed by atoms with E-state index in [1.807, 2.05) is 0 Å². The van der Waals surface area contributed by atoms with Gasteiger partial charge in [0, 0.05) is 19.3 Å². The fourth-order valence-electron chi connectivity index (χ4n) is 12.0. The molecule has 0 saturated carbocycles. The first-order valence-electron chi connectivity index (χ1n) is 37.5. The van der Waals surface area contributed by atoms with Crippen LogP contribution in [0.5, 0.6) is 0 Å². The Kier molecular flexibility index (Phi) is 69.5. The van der Waals surface area contributed by atoms with E-state index in [0.29, 0.717) is 19.3 Å². The zero-order chi connectivity index (χ0) is 58.5. The van der Waals surface area contributed by atoms with Crippen LogP contribution in [0.25, 0.3) is 0 Å². The van der Waals surface area contributed by atoms with E-state index in [1.165, 1.54) is 347 Å². The predicted molar refractivity (Wildman–Crippen MR) is 354 cm³/mol. The van der Waals surface area contributed by atoms with E-state index in [0.717, 1.165) is 57.8 Å². The van der Waals surface area contributed by atoms with Crippen LogP contribution < -0.4 is 0 Å². The Morgan fingerprint density at radius 3 is 0.494 bits per heavy atom. The van der Waals surface area contributed by atoms with Crippen molar-refractivity contribution in [1.82, 2.24) is 0 Å². The Balaban J connectivity index is 4.03. The Labute approximate surface area is 508 Å². The molecule has 482 valence electrons. The van der Waals surface area contributed by atoms with Gasteiger partial charge in [0.1, 0.15) is 13.2 Å². The molecule has 0 aliphatic carbocycles. The summed E-state index contributed by atoms with van der Waals surface area (Å²) in [5, 5.41) is 0. The van der Waals surface area contributed by atoms with Crippen molar-refractivity contribution in [3.8, 4) is 0 Å². The van der Waals surface area contributed by atoms with E-state index in [2.05, 4.69) is 20.8 Å². The first-order chi connectivity index (χ1) is 40.0. The third-order valence-corrected chi connectivity index (χ3v) is 17.6. The van der Waals surface area contributed by atoms with Gasteiger partial charge in [-0.3, -0.25) is 14.4 Å². The molecular formula is C75H146O6. The zero-order valence-electron chi connectivity index (χ0n) is 55.6. The van der Waals surface area contributed by atoms with Gasteiger partial charge in [0.15, 0.2) is 6.10 Å². The van der Waals surface area contributed by atoms with Gasteiger partial charge in [0.25, 0.3) is 0 Å². The number of esters is 3. The lowest BCUT2D eigenvalue weighted by Crippen LogP contribution is -2.30. The van der Waals surface area contributed by atoms with E-state index in [1.54, 1.807) is 0 Å². The van der Waals surface area contributed by atoms with Crippen LogP contribution in [0.3, 0.4) is 0 Å². The quantitative estimate of drug-likeness (QED) is 0.0343. The van der Waals surface area contributed by atoms with Gasteiger partial charge in [-0.2, -0.15) is 0 Å². The normalized spacial score (nSPS) is 11.9. The lowest BCUT2D eigenvalue weighted by Gasteiger charge is -2.18. The molecule has 0 N–H and O–H groups in total. The first kappa shape index (κ1) is 79.4. The van der Waals surface area contributed by atoms with Crippen molar-refractivity contribution in [2.75, 3.05) is 13.2 Å². The second kappa shape index (κ2) is 70.9. The summed E-state index contributed by atoms with van der Waals surface area (Å²) in [6, 6.07) is 0. The Bertz CT molecular complexity index is 1220. The lowest BCUT2D eigenvalue weighted by atomic mass is 10.0. The molecule has 0 rings (SSSR count). The second-order valence-corrected chi connectivity index (χ2v) is 25.9. The van der Waals surface area contributed by atoms with Gasteiger partial charge < -0.3 is 14.2 Å². The van der Waals surface area contributed by atoms with Gasteiger partial charge in [0.2, 0.25) is 0 Å². The molecule has 1 unspecified atom stereocenters. The maximum absolute atomic E-state index is 12.9. The van der Waals surface area contributed by atoms with Crippen LogP contribution >= 0.6 is 0 Å². The highest BCUT2D eigenvalue weighted by Gasteiger charge is 2.20. The van der Waals surface area contributed by atoms with Crippen LogP contribution in [0.15, 0.2) is 0 Å². The number of ether oxygens (including phenoxy) is 3. The third-order valence-electron chi connectivity index (χ3n) is 17.6. The molecule has 0 aromatic rings. The highest BCUT2D eigenvalue weighted by molar-refractivity contribution is 5.71. The Hall–Kier alpha value is -1.59. The monoisotopic (exact) mass is 1140 g/mol. The van der Waals surface area contributed by atoms with Crippen molar-refractivity contribution in [3.63, 3.8) is 0 Å². The zero-order valence-corrected chi connectivity index (χ0v) is 55.6. The summed E-state index contributed by atoms with van der Waals surface area (Å²) in [5.41, 5.74) is 0. The molecule has 6 heteroatoms. The Morgan fingerprint density at radius 1 is 0.198 bits per heavy atom. The molecule has 0 spiro atoms. The van der Waals surface area contributed by atoms with Gasteiger partial charge in [-0.25, -0.2) is 0 Å². The molecule has 0 saturated heterocycles. The minimum absolute atomic E-state index is 0.0606. The number of hydrogen-bond acceptors (Lipinski definition) is 6. The molecule has 0 radical (unpaired) electrons. The number of rotatable bonds is 71. The minimum Gasteiger partial charge on any atom is -0.462 e. The van der Waals surface area contributed by atoms with E-state index < -0.39 is 6.10 Å². The van der Waals surface area contributed by atoms with Gasteiger partial charge >= 0.3 is 17.9 Å². The summed E-state index contributed by atoms with van der Waals surface area (Å²) >= 11 is 0. The van der Waals surface area contributed by atoms with Crippen molar-refractivity contribution in [3.05, 3.63) is 0 Å². The summed E-state index contributed by atoms with van der Waals surface area (Å²) in [5.74, 6) is -0.824. The molecule has 0 aromatic carbocycles. The van der Waals surface area contributed by atoms with E-state index in [4.69, 9.17) is 14.2 Å². The molecule has 0 aromatic heterocycles. The summed E-state index contributed by atoms with van der Waals surface area (Å²) < 4.78 is 17.0. The molecule has 81 heavy (non-hydrogen) atoms. The lowest BCUT2D eigenvalue weighted by molar-refractivity contribution is -0.167. The average Bonchev–Trinajstić information content (AvgIpc) is 3.47. The molecule has 1 atom stereocenters. The number of unbranched alkanes of at least 4 members (excludes halogenated alkanes) is 60. The number of hydrogen-bond donors (Lipinski definition) is 0.